The highest BCUT2D eigenvalue weighted by atomic mass is 32.2. The third-order valence-electron chi connectivity index (χ3n) is 3.42. The molecule has 2 rings (SSSR count). The maximum Gasteiger partial charge on any atom is 0.270 e. The van der Waals surface area contributed by atoms with Crippen molar-refractivity contribution < 1.29 is 9.53 Å². The topological polar surface area (TPSA) is 51.2 Å². The van der Waals surface area contributed by atoms with Crippen LogP contribution >= 0.6 is 23.1 Å². The minimum Gasteiger partial charge on any atom is -0.378 e. The number of rotatable bonds is 6. The molecule has 1 aliphatic carbocycles. The van der Waals surface area contributed by atoms with Gasteiger partial charge in [0.2, 0.25) is 0 Å². The predicted octanol–water partition coefficient (Wildman–Crippen LogP) is 3.08. The first-order valence-corrected chi connectivity index (χ1v) is 9.01. The van der Waals surface area contributed by atoms with Crippen LogP contribution in [-0.4, -0.2) is 35.0 Å². The summed E-state index contributed by atoms with van der Waals surface area (Å²) in [5.41, 5.74) is 0.521. The largest absolute Gasteiger partial charge is 0.378 e. The molecule has 6 heteroatoms. The molecule has 2 atom stereocenters. The van der Waals surface area contributed by atoms with E-state index in [0.29, 0.717) is 23.6 Å². The van der Waals surface area contributed by atoms with Crippen molar-refractivity contribution in [3.8, 4) is 0 Å². The minimum absolute atomic E-state index is 0.0456. The summed E-state index contributed by atoms with van der Waals surface area (Å²) in [6.07, 6.45) is 4.65. The quantitative estimate of drug-likeness (QED) is 0.876. The molecule has 1 heterocycles. The Hall–Kier alpha value is -0.590. The Kier molecular flexibility index (Phi) is 6.32. The molecule has 112 valence electrons. The van der Waals surface area contributed by atoms with Gasteiger partial charge in [0.15, 0.2) is 0 Å². The second-order valence-electron chi connectivity index (χ2n) is 4.97. The molecule has 1 amide bonds. The van der Waals surface area contributed by atoms with Crippen LogP contribution in [0.3, 0.4) is 0 Å². The number of thiazole rings is 1. The zero-order valence-corrected chi connectivity index (χ0v) is 13.7. The van der Waals surface area contributed by atoms with E-state index in [1.54, 1.807) is 7.11 Å². The van der Waals surface area contributed by atoms with Crippen molar-refractivity contribution in [1.29, 1.82) is 0 Å². The third-order valence-corrected chi connectivity index (χ3v) is 5.47. The Labute approximate surface area is 128 Å². The number of amides is 1. The van der Waals surface area contributed by atoms with Crippen LogP contribution in [0.25, 0.3) is 0 Å². The van der Waals surface area contributed by atoms with E-state index in [9.17, 15) is 4.79 Å². The Bertz CT molecular complexity index is 435. The van der Waals surface area contributed by atoms with E-state index in [0.717, 1.165) is 23.6 Å². The van der Waals surface area contributed by atoms with Crippen LogP contribution in [0.1, 0.15) is 48.1 Å². The van der Waals surface area contributed by atoms with Crippen molar-refractivity contribution in [2.45, 2.75) is 50.5 Å². The molecule has 0 spiro atoms. The Morgan fingerprint density at radius 2 is 2.45 bits per heavy atom. The lowest BCUT2D eigenvalue weighted by Gasteiger charge is -2.29. The lowest BCUT2D eigenvalue weighted by molar-refractivity contribution is 0.0923. The van der Waals surface area contributed by atoms with Crippen LogP contribution in [0.5, 0.6) is 0 Å². The van der Waals surface area contributed by atoms with Crippen molar-refractivity contribution in [3.05, 3.63) is 16.1 Å². The van der Waals surface area contributed by atoms with Gasteiger partial charge in [-0.25, -0.2) is 4.98 Å². The van der Waals surface area contributed by atoms with Crippen LogP contribution in [-0.2, 0) is 11.3 Å². The van der Waals surface area contributed by atoms with Crippen molar-refractivity contribution in [3.63, 3.8) is 0 Å². The van der Waals surface area contributed by atoms with E-state index >= 15 is 0 Å². The fraction of sp³-hybridized carbons (Fsp3) is 0.714. The van der Waals surface area contributed by atoms with Gasteiger partial charge in [-0.3, -0.25) is 4.79 Å². The van der Waals surface area contributed by atoms with Gasteiger partial charge >= 0.3 is 0 Å². The van der Waals surface area contributed by atoms with E-state index in [2.05, 4.69) is 17.2 Å². The molecule has 1 aliphatic rings. The van der Waals surface area contributed by atoms with Crippen LogP contribution < -0.4 is 5.32 Å². The van der Waals surface area contributed by atoms with Gasteiger partial charge in [-0.1, -0.05) is 13.3 Å². The summed E-state index contributed by atoms with van der Waals surface area (Å²) in [6.45, 7) is 2.66. The highest BCUT2D eigenvalue weighted by Crippen LogP contribution is 2.28. The molecule has 4 nitrogen and oxygen atoms in total. The lowest BCUT2D eigenvalue weighted by atomic mass is 9.95. The second-order valence-corrected chi connectivity index (χ2v) is 7.49. The van der Waals surface area contributed by atoms with E-state index in [1.165, 1.54) is 24.2 Å². The van der Waals surface area contributed by atoms with Crippen molar-refractivity contribution >= 4 is 29.0 Å². The predicted molar refractivity (Wildman–Crippen MR) is 84.5 cm³/mol. The van der Waals surface area contributed by atoms with E-state index in [-0.39, 0.29) is 5.91 Å². The number of carbonyl (C=O) groups excluding carboxylic acids is 1. The highest BCUT2D eigenvalue weighted by Gasteiger charge is 2.24. The number of hydrogen-bond acceptors (Lipinski definition) is 5. The van der Waals surface area contributed by atoms with Crippen molar-refractivity contribution in [2.24, 2.45) is 0 Å². The van der Waals surface area contributed by atoms with E-state index in [4.69, 9.17) is 4.74 Å². The molecule has 1 saturated carbocycles. The van der Waals surface area contributed by atoms with Gasteiger partial charge in [-0.2, -0.15) is 11.8 Å². The first-order valence-electron chi connectivity index (χ1n) is 7.08. The first kappa shape index (κ1) is 15.8. The number of hydrogen-bond donors (Lipinski definition) is 1. The normalized spacial score (nSPS) is 22.7. The average Bonchev–Trinajstić information content (AvgIpc) is 2.89. The monoisotopic (exact) mass is 314 g/mol. The van der Waals surface area contributed by atoms with E-state index in [1.807, 2.05) is 17.1 Å². The Morgan fingerprint density at radius 3 is 3.20 bits per heavy atom. The fourth-order valence-electron chi connectivity index (χ4n) is 2.53. The summed E-state index contributed by atoms with van der Waals surface area (Å²) < 4.78 is 5.03. The van der Waals surface area contributed by atoms with Gasteiger partial charge in [0.1, 0.15) is 10.7 Å². The molecule has 20 heavy (non-hydrogen) atoms. The number of aromatic nitrogens is 1. The summed E-state index contributed by atoms with van der Waals surface area (Å²) in [5, 5.41) is 6.48. The zero-order chi connectivity index (χ0) is 14.4. The van der Waals surface area contributed by atoms with Crippen LogP contribution in [0.15, 0.2) is 5.38 Å². The number of methoxy groups -OCH3 is 1. The maximum atomic E-state index is 12.2. The molecule has 0 aromatic carbocycles. The van der Waals surface area contributed by atoms with Gasteiger partial charge in [0.05, 0.1) is 6.61 Å². The molecule has 0 unspecified atom stereocenters. The lowest BCUT2D eigenvalue weighted by Crippen LogP contribution is -2.39. The summed E-state index contributed by atoms with van der Waals surface area (Å²) >= 11 is 3.48. The van der Waals surface area contributed by atoms with Crippen LogP contribution in [0.4, 0.5) is 0 Å². The molecule has 1 aromatic rings. The smallest absolute Gasteiger partial charge is 0.270 e. The third kappa shape index (κ3) is 4.46. The standard InChI is InChI=1S/C14H22N2O2S2/c1-3-19-11-6-4-5-10(7-11)15-14(17)12-9-20-13(16-12)8-18-2/h9-11H,3-8H2,1-2H3,(H,15,17)/t10-,11+/m1/s1. The average molecular weight is 314 g/mol. The SMILES string of the molecule is CCS[C@H]1CCC[C@@H](NC(=O)c2csc(COC)n2)C1. The minimum atomic E-state index is -0.0456. The number of thioether (sulfide) groups is 1. The maximum absolute atomic E-state index is 12.2. The molecule has 1 aromatic heterocycles. The van der Waals surface area contributed by atoms with Gasteiger partial charge in [-0.05, 0) is 25.0 Å². The van der Waals surface area contributed by atoms with Gasteiger partial charge < -0.3 is 10.1 Å². The Balaban J connectivity index is 1.86. The summed E-state index contributed by atoms with van der Waals surface area (Å²) in [4.78, 5) is 16.5. The summed E-state index contributed by atoms with van der Waals surface area (Å²) in [6, 6.07) is 0.299. The van der Waals surface area contributed by atoms with Crippen molar-refractivity contribution in [1.82, 2.24) is 10.3 Å². The number of nitrogens with zero attached hydrogens (tertiary/aromatic N) is 1. The van der Waals surface area contributed by atoms with Crippen LogP contribution in [0.2, 0.25) is 0 Å². The number of ether oxygens (including phenoxy) is 1. The first-order chi connectivity index (χ1) is 9.72. The molecule has 0 bridgehead atoms. The number of nitrogens with one attached hydrogen (secondary N) is 1. The fourth-order valence-corrected chi connectivity index (χ4v) is 4.44. The molecule has 0 saturated heterocycles. The molecular formula is C14H22N2O2S2. The molecule has 1 N–H and O–H groups in total. The van der Waals surface area contributed by atoms with Crippen LogP contribution in [0, 0.1) is 0 Å². The van der Waals surface area contributed by atoms with Gasteiger partial charge in [0, 0.05) is 23.8 Å². The highest BCUT2D eigenvalue weighted by molar-refractivity contribution is 7.99. The van der Waals surface area contributed by atoms with E-state index < -0.39 is 0 Å². The molecule has 1 fully saturated rings. The summed E-state index contributed by atoms with van der Waals surface area (Å²) in [7, 11) is 1.63. The summed E-state index contributed by atoms with van der Waals surface area (Å²) in [5.74, 6) is 1.10. The van der Waals surface area contributed by atoms with Gasteiger partial charge in [-0.15, -0.1) is 11.3 Å². The van der Waals surface area contributed by atoms with Crippen molar-refractivity contribution in [2.75, 3.05) is 12.9 Å². The molecule has 0 radical (unpaired) electrons. The molecular weight excluding hydrogens is 292 g/mol. The Morgan fingerprint density at radius 1 is 1.60 bits per heavy atom. The number of carbonyl (C=O) groups is 1. The molecule has 0 aliphatic heterocycles. The van der Waals surface area contributed by atoms with Gasteiger partial charge in [0.25, 0.3) is 5.91 Å². The second kappa shape index (κ2) is 8.00. The zero-order valence-electron chi connectivity index (χ0n) is 12.1.